The number of hydrogen-bond donors (Lipinski definition) is 0. The lowest BCUT2D eigenvalue weighted by atomic mass is 10.2. The van der Waals surface area contributed by atoms with E-state index >= 15 is 0 Å². The highest BCUT2D eigenvalue weighted by Crippen LogP contribution is 2.17. The Kier molecular flexibility index (Phi) is 7.09. The Balaban J connectivity index is 4.46. The molecule has 0 aromatic carbocycles. The molecule has 0 spiro atoms. The van der Waals surface area contributed by atoms with Crippen molar-refractivity contribution in [1.29, 1.82) is 0 Å². The van der Waals surface area contributed by atoms with Gasteiger partial charge in [0, 0.05) is 5.57 Å². The molecule has 0 saturated heterocycles. The number of thioether (sulfide) groups is 1. The highest BCUT2D eigenvalue weighted by molar-refractivity contribution is 8.22. The first-order valence-corrected chi connectivity index (χ1v) is 5.84. The molecular formula is C9H16O2S2. The van der Waals surface area contributed by atoms with Crippen LogP contribution in [0.2, 0.25) is 0 Å². The lowest BCUT2D eigenvalue weighted by Gasteiger charge is -2.11. The molecule has 0 aliphatic heterocycles. The lowest BCUT2D eigenvalue weighted by molar-refractivity contribution is 0.143. The van der Waals surface area contributed by atoms with E-state index in [1.54, 1.807) is 7.11 Å². The van der Waals surface area contributed by atoms with Gasteiger partial charge < -0.3 is 9.47 Å². The molecule has 0 amide bonds. The normalized spacial score (nSPS) is 9.23. The smallest absolute Gasteiger partial charge is 0.284 e. The van der Waals surface area contributed by atoms with E-state index in [1.807, 2.05) is 6.26 Å². The van der Waals surface area contributed by atoms with E-state index < -0.39 is 0 Å². The second-order valence-corrected chi connectivity index (χ2v) is 3.77. The highest BCUT2D eigenvalue weighted by Gasteiger charge is 2.07. The van der Waals surface area contributed by atoms with Gasteiger partial charge in [-0.3, -0.25) is 0 Å². The fourth-order valence-electron chi connectivity index (χ4n) is 0.914. The number of thiocarbonyl (C=S) groups is 1. The summed E-state index contributed by atoms with van der Waals surface area (Å²) in [4.78, 5) is 0. The largest absolute Gasteiger partial charge is 0.468 e. The minimum Gasteiger partial charge on any atom is -0.468 e. The third kappa shape index (κ3) is 4.52. The summed E-state index contributed by atoms with van der Waals surface area (Å²) in [6.45, 7) is 4.15. The van der Waals surface area contributed by atoms with Gasteiger partial charge in [-0.25, -0.2) is 0 Å². The van der Waals surface area contributed by atoms with Gasteiger partial charge in [0.2, 0.25) is 4.38 Å². The molecule has 0 unspecified atom stereocenters. The van der Waals surface area contributed by atoms with Gasteiger partial charge in [0.15, 0.2) is 0 Å². The maximum absolute atomic E-state index is 5.34. The van der Waals surface area contributed by atoms with Crippen molar-refractivity contribution in [2.75, 3.05) is 13.4 Å². The second kappa shape index (κ2) is 7.21. The average molecular weight is 220 g/mol. The summed E-state index contributed by atoms with van der Waals surface area (Å²) in [5.74, 6) is 0.560. The van der Waals surface area contributed by atoms with Crippen LogP contribution < -0.4 is 0 Å². The number of rotatable bonds is 4. The number of hydrogen-bond acceptors (Lipinski definition) is 4. The van der Waals surface area contributed by atoms with Gasteiger partial charge in [-0.15, -0.1) is 0 Å². The predicted molar refractivity (Wildman–Crippen MR) is 61.8 cm³/mol. The van der Waals surface area contributed by atoms with Gasteiger partial charge >= 0.3 is 0 Å². The van der Waals surface area contributed by atoms with Crippen LogP contribution in [0.15, 0.2) is 11.5 Å². The maximum Gasteiger partial charge on any atom is 0.284 e. The standard InChI is InChI=1S/C9H16O2S2/c1-5-7(6-2)8(10-3)11-9(12)13-4/h5-6H2,1-4H3. The average Bonchev–Trinajstić information content (AvgIpc) is 2.17. The number of ether oxygens (including phenoxy) is 2. The van der Waals surface area contributed by atoms with E-state index in [9.17, 15) is 0 Å². The SMILES string of the molecule is CCC(CC)=C(OC)OC(=S)SC. The van der Waals surface area contributed by atoms with Crippen LogP contribution in [0.3, 0.4) is 0 Å². The highest BCUT2D eigenvalue weighted by atomic mass is 32.2. The molecule has 0 aromatic rings. The zero-order valence-electron chi connectivity index (χ0n) is 8.55. The van der Waals surface area contributed by atoms with Crippen LogP contribution in [-0.4, -0.2) is 17.7 Å². The molecule has 0 rings (SSSR count). The van der Waals surface area contributed by atoms with E-state index in [1.165, 1.54) is 11.8 Å². The minimum absolute atomic E-state index is 0.497. The molecular weight excluding hydrogens is 204 g/mol. The molecule has 4 heteroatoms. The molecule has 0 fully saturated rings. The van der Waals surface area contributed by atoms with Crippen molar-refractivity contribution in [2.24, 2.45) is 0 Å². The van der Waals surface area contributed by atoms with Crippen molar-refractivity contribution in [2.45, 2.75) is 26.7 Å². The Morgan fingerprint density at radius 1 is 1.31 bits per heavy atom. The Morgan fingerprint density at radius 3 is 2.15 bits per heavy atom. The fourth-order valence-corrected chi connectivity index (χ4v) is 1.15. The molecule has 0 bridgehead atoms. The van der Waals surface area contributed by atoms with Gasteiger partial charge in [0.25, 0.3) is 5.95 Å². The molecule has 0 atom stereocenters. The molecule has 0 saturated carbocycles. The summed E-state index contributed by atoms with van der Waals surface area (Å²) >= 11 is 6.34. The Labute approximate surface area is 89.7 Å². The summed E-state index contributed by atoms with van der Waals surface area (Å²) in [5, 5.41) is 0. The topological polar surface area (TPSA) is 18.5 Å². The summed E-state index contributed by atoms with van der Waals surface area (Å²) < 4.78 is 11.0. The van der Waals surface area contributed by atoms with Gasteiger partial charge in [-0.2, -0.15) is 0 Å². The van der Waals surface area contributed by atoms with E-state index in [0.717, 1.165) is 18.4 Å². The van der Waals surface area contributed by atoms with Crippen LogP contribution in [0.5, 0.6) is 0 Å². The first kappa shape index (κ1) is 12.8. The maximum atomic E-state index is 5.34. The molecule has 76 valence electrons. The molecule has 0 heterocycles. The van der Waals surface area contributed by atoms with Crippen LogP contribution in [-0.2, 0) is 9.47 Å². The van der Waals surface area contributed by atoms with Crippen molar-refractivity contribution in [3.63, 3.8) is 0 Å². The van der Waals surface area contributed by atoms with Crippen LogP contribution in [0.25, 0.3) is 0 Å². The number of methoxy groups -OCH3 is 1. The molecule has 2 nitrogen and oxygen atoms in total. The fraction of sp³-hybridized carbons (Fsp3) is 0.667. The first-order chi connectivity index (χ1) is 6.19. The Morgan fingerprint density at radius 2 is 1.85 bits per heavy atom. The second-order valence-electron chi connectivity index (χ2n) is 2.36. The molecule has 0 N–H and O–H groups in total. The molecule has 0 radical (unpaired) electrons. The molecule has 0 aliphatic rings. The third-order valence-corrected chi connectivity index (χ3v) is 2.67. The molecule has 13 heavy (non-hydrogen) atoms. The van der Waals surface area contributed by atoms with Crippen LogP contribution >= 0.6 is 24.0 Å². The van der Waals surface area contributed by atoms with E-state index in [-0.39, 0.29) is 0 Å². The van der Waals surface area contributed by atoms with Crippen molar-refractivity contribution in [3.8, 4) is 0 Å². The van der Waals surface area contributed by atoms with Gasteiger partial charge in [0.1, 0.15) is 0 Å². The molecule has 0 aromatic heterocycles. The summed E-state index contributed by atoms with van der Waals surface area (Å²) in [5.41, 5.74) is 1.15. The van der Waals surface area contributed by atoms with Gasteiger partial charge in [-0.1, -0.05) is 25.6 Å². The van der Waals surface area contributed by atoms with Crippen LogP contribution in [0.4, 0.5) is 0 Å². The third-order valence-electron chi connectivity index (χ3n) is 1.67. The lowest BCUT2D eigenvalue weighted by Crippen LogP contribution is -2.02. The van der Waals surface area contributed by atoms with E-state index in [2.05, 4.69) is 13.8 Å². The summed E-state index contributed by atoms with van der Waals surface area (Å²) in [6, 6.07) is 0. The van der Waals surface area contributed by atoms with Gasteiger partial charge in [-0.05, 0) is 31.3 Å². The number of allylic oxidation sites excluding steroid dienone is 1. The predicted octanol–water partition coefficient (Wildman–Crippen LogP) is 3.33. The van der Waals surface area contributed by atoms with E-state index in [0.29, 0.717) is 10.3 Å². The quantitative estimate of drug-likeness (QED) is 0.534. The zero-order chi connectivity index (χ0) is 10.3. The van der Waals surface area contributed by atoms with Crippen LogP contribution in [0, 0.1) is 0 Å². The van der Waals surface area contributed by atoms with Crippen molar-refractivity contribution < 1.29 is 9.47 Å². The zero-order valence-corrected chi connectivity index (χ0v) is 10.2. The van der Waals surface area contributed by atoms with E-state index in [4.69, 9.17) is 21.7 Å². The van der Waals surface area contributed by atoms with Crippen molar-refractivity contribution in [3.05, 3.63) is 11.5 Å². The summed E-state index contributed by atoms with van der Waals surface area (Å²) in [7, 11) is 1.60. The summed E-state index contributed by atoms with van der Waals surface area (Å²) in [6.07, 6.45) is 3.74. The van der Waals surface area contributed by atoms with Crippen LogP contribution in [0.1, 0.15) is 26.7 Å². The minimum atomic E-state index is 0.497. The molecule has 0 aliphatic carbocycles. The van der Waals surface area contributed by atoms with Crippen molar-refractivity contribution in [1.82, 2.24) is 0 Å². The first-order valence-electron chi connectivity index (χ1n) is 4.21. The monoisotopic (exact) mass is 220 g/mol. The Hall–Kier alpha value is -0.220. The van der Waals surface area contributed by atoms with Crippen molar-refractivity contribution >= 4 is 28.4 Å². The Bertz CT molecular complexity index is 194. The van der Waals surface area contributed by atoms with Gasteiger partial charge in [0.05, 0.1) is 7.11 Å².